The van der Waals surface area contributed by atoms with E-state index in [9.17, 15) is 14.4 Å². The topological polar surface area (TPSA) is 79.0 Å². The van der Waals surface area contributed by atoms with E-state index in [0.29, 0.717) is 24.1 Å². The van der Waals surface area contributed by atoms with E-state index >= 15 is 0 Å². The van der Waals surface area contributed by atoms with Crippen LogP contribution in [-0.2, 0) is 19.1 Å². The molecule has 1 aliphatic heterocycles. The first kappa shape index (κ1) is 30.3. The predicted molar refractivity (Wildman–Crippen MR) is 144 cm³/mol. The SMILES string of the molecule is CCOC(=O)C(C)=C[C@H](C(C)C)N(C)C(=O)[C@@H](NC(=O)C1CCCCN1C(C)C1CCC1)C(C)(C)C. The maximum absolute atomic E-state index is 13.9. The van der Waals surface area contributed by atoms with Crippen LogP contribution in [0.15, 0.2) is 11.6 Å². The lowest BCUT2D eigenvalue weighted by molar-refractivity contribution is -0.142. The predicted octanol–water partition coefficient (Wildman–Crippen LogP) is 4.55. The minimum absolute atomic E-state index is 0.0399. The van der Waals surface area contributed by atoms with E-state index in [-0.39, 0.29) is 35.8 Å². The number of nitrogens with zero attached hydrogens (tertiary/aromatic N) is 2. The van der Waals surface area contributed by atoms with E-state index in [1.54, 1.807) is 25.8 Å². The quantitative estimate of drug-likeness (QED) is 0.348. The minimum Gasteiger partial charge on any atom is -0.463 e. The molecular weight excluding hydrogens is 454 g/mol. The molecule has 2 rings (SSSR count). The molecule has 0 aromatic heterocycles. The lowest BCUT2D eigenvalue weighted by Gasteiger charge is -2.45. The van der Waals surface area contributed by atoms with Crippen LogP contribution in [0.3, 0.4) is 0 Å². The van der Waals surface area contributed by atoms with E-state index < -0.39 is 11.5 Å². The molecule has 1 N–H and O–H groups in total. The van der Waals surface area contributed by atoms with Gasteiger partial charge in [-0.25, -0.2) is 4.79 Å². The fourth-order valence-electron chi connectivity index (χ4n) is 5.47. The molecule has 206 valence electrons. The standard InChI is InChI=1S/C29H51N3O4/c1-10-36-28(35)20(4)18-24(19(2)3)31(9)27(34)25(29(6,7)8)30-26(33)23-16-11-12-17-32(23)21(5)22-14-13-15-22/h18-19,21-25H,10-17H2,1-9H3,(H,30,33)/t21?,23?,24-,25-/m1/s1. The van der Waals surface area contributed by atoms with Crippen molar-refractivity contribution in [2.45, 2.75) is 118 Å². The number of likely N-dealkylation sites (N-methyl/N-ethyl adjacent to an activating group) is 1. The number of carbonyl (C=O) groups is 3. The summed E-state index contributed by atoms with van der Waals surface area (Å²) in [7, 11) is 1.76. The van der Waals surface area contributed by atoms with Gasteiger partial charge in [-0.2, -0.15) is 0 Å². The van der Waals surface area contributed by atoms with Gasteiger partial charge in [-0.3, -0.25) is 14.5 Å². The normalized spacial score (nSPS) is 22.4. The smallest absolute Gasteiger partial charge is 0.333 e. The lowest BCUT2D eigenvalue weighted by Crippen LogP contribution is -2.61. The molecule has 0 spiro atoms. The van der Waals surface area contributed by atoms with Crippen molar-refractivity contribution in [2.24, 2.45) is 17.3 Å². The van der Waals surface area contributed by atoms with Crippen LogP contribution in [0.5, 0.6) is 0 Å². The van der Waals surface area contributed by atoms with E-state index in [0.717, 1.165) is 25.8 Å². The second-order valence-corrected chi connectivity index (χ2v) is 12.2. The molecule has 1 saturated carbocycles. The molecule has 7 heteroatoms. The first-order valence-electron chi connectivity index (χ1n) is 14.0. The molecule has 2 amide bonds. The van der Waals surface area contributed by atoms with Crippen LogP contribution in [0.2, 0.25) is 0 Å². The summed E-state index contributed by atoms with van der Waals surface area (Å²) in [5.41, 5.74) is 0.0102. The van der Waals surface area contributed by atoms with Crippen molar-refractivity contribution in [1.29, 1.82) is 0 Å². The van der Waals surface area contributed by atoms with Crippen LogP contribution in [0.4, 0.5) is 0 Å². The third-order valence-corrected chi connectivity index (χ3v) is 8.10. The van der Waals surface area contributed by atoms with Crippen LogP contribution in [0.25, 0.3) is 0 Å². The number of amides is 2. The second-order valence-electron chi connectivity index (χ2n) is 12.2. The number of hydrogen-bond donors (Lipinski definition) is 1. The van der Waals surface area contributed by atoms with Crippen molar-refractivity contribution < 1.29 is 19.1 Å². The van der Waals surface area contributed by atoms with Crippen LogP contribution in [0, 0.1) is 17.3 Å². The van der Waals surface area contributed by atoms with Gasteiger partial charge in [-0.15, -0.1) is 0 Å². The maximum atomic E-state index is 13.9. The van der Waals surface area contributed by atoms with Crippen molar-refractivity contribution >= 4 is 17.8 Å². The average Bonchev–Trinajstić information content (AvgIpc) is 2.77. The Bertz CT molecular complexity index is 797. The first-order chi connectivity index (χ1) is 16.8. The van der Waals surface area contributed by atoms with Crippen molar-refractivity contribution in [1.82, 2.24) is 15.1 Å². The van der Waals surface area contributed by atoms with Gasteiger partial charge in [0.05, 0.1) is 18.7 Å². The van der Waals surface area contributed by atoms with Crippen LogP contribution >= 0.6 is 0 Å². The van der Waals surface area contributed by atoms with Gasteiger partial charge in [0, 0.05) is 18.7 Å². The largest absolute Gasteiger partial charge is 0.463 e. The van der Waals surface area contributed by atoms with Gasteiger partial charge in [-0.05, 0) is 70.3 Å². The number of hydrogen-bond acceptors (Lipinski definition) is 5. The van der Waals surface area contributed by atoms with Gasteiger partial charge in [0.1, 0.15) is 6.04 Å². The molecule has 4 atom stereocenters. The third-order valence-electron chi connectivity index (χ3n) is 8.10. The Labute approximate surface area is 219 Å². The molecule has 2 aliphatic rings. The van der Waals surface area contributed by atoms with Gasteiger partial charge in [-0.1, -0.05) is 53.5 Å². The van der Waals surface area contributed by atoms with E-state index in [1.165, 1.54) is 19.3 Å². The average molecular weight is 506 g/mol. The van der Waals surface area contributed by atoms with Crippen molar-refractivity contribution in [3.63, 3.8) is 0 Å². The van der Waals surface area contributed by atoms with Crippen LogP contribution in [0.1, 0.15) is 93.9 Å². The fourth-order valence-corrected chi connectivity index (χ4v) is 5.47. The molecule has 36 heavy (non-hydrogen) atoms. The molecule has 1 saturated heterocycles. The number of rotatable bonds is 10. The number of piperidine rings is 1. The Balaban J connectivity index is 2.23. The summed E-state index contributed by atoms with van der Waals surface area (Å²) in [6, 6.07) is -0.768. The van der Waals surface area contributed by atoms with E-state index in [2.05, 4.69) is 17.1 Å². The highest BCUT2D eigenvalue weighted by molar-refractivity contribution is 5.91. The molecule has 0 aromatic carbocycles. The Morgan fingerprint density at radius 2 is 1.72 bits per heavy atom. The van der Waals surface area contributed by atoms with E-state index in [1.807, 2.05) is 40.7 Å². The molecule has 0 aromatic rings. The van der Waals surface area contributed by atoms with Crippen LogP contribution < -0.4 is 5.32 Å². The molecule has 0 bridgehead atoms. The Hall–Kier alpha value is -1.89. The van der Waals surface area contributed by atoms with Gasteiger partial charge >= 0.3 is 5.97 Å². The number of nitrogens with one attached hydrogen (secondary N) is 1. The number of carbonyl (C=O) groups excluding carboxylic acids is 3. The summed E-state index contributed by atoms with van der Waals surface area (Å²) >= 11 is 0. The summed E-state index contributed by atoms with van der Waals surface area (Å²) < 4.78 is 5.13. The highest BCUT2D eigenvalue weighted by atomic mass is 16.5. The summed E-state index contributed by atoms with van der Waals surface area (Å²) in [6.07, 6.45) is 8.57. The zero-order valence-corrected chi connectivity index (χ0v) is 24.2. The van der Waals surface area contributed by atoms with Crippen LogP contribution in [-0.4, -0.2) is 72.0 Å². The van der Waals surface area contributed by atoms with Crippen molar-refractivity contribution in [2.75, 3.05) is 20.2 Å². The van der Waals surface area contributed by atoms with Gasteiger partial charge < -0.3 is 15.0 Å². The fraction of sp³-hybridized carbons (Fsp3) is 0.828. The Kier molecular flexibility index (Phi) is 11.0. The van der Waals surface area contributed by atoms with Gasteiger partial charge in [0.25, 0.3) is 0 Å². The molecule has 7 nitrogen and oxygen atoms in total. The molecule has 2 unspecified atom stereocenters. The summed E-state index contributed by atoms with van der Waals surface area (Å²) in [5, 5.41) is 3.17. The summed E-state index contributed by atoms with van der Waals surface area (Å²) in [4.78, 5) is 43.8. The maximum Gasteiger partial charge on any atom is 0.333 e. The molecule has 1 heterocycles. The zero-order chi connectivity index (χ0) is 27.2. The number of ether oxygens (including phenoxy) is 1. The highest BCUT2D eigenvalue weighted by Gasteiger charge is 2.41. The van der Waals surface area contributed by atoms with E-state index in [4.69, 9.17) is 4.74 Å². The van der Waals surface area contributed by atoms with Crippen molar-refractivity contribution in [3.8, 4) is 0 Å². The summed E-state index contributed by atoms with van der Waals surface area (Å²) in [6.45, 7) is 17.0. The monoisotopic (exact) mass is 505 g/mol. The lowest BCUT2D eigenvalue weighted by atomic mass is 9.78. The zero-order valence-electron chi connectivity index (χ0n) is 24.2. The first-order valence-corrected chi connectivity index (χ1v) is 14.0. The Morgan fingerprint density at radius 3 is 2.22 bits per heavy atom. The molecule has 0 radical (unpaired) electrons. The number of esters is 1. The minimum atomic E-state index is -0.671. The molecule has 1 aliphatic carbocycles. The Morgan fingerprint density at radius 1 is 1.08 bits per heavy atom. The second kappa shape index (κ2) is 13.1. The van der Waals surface area contributed by atoms with Gasteiger partial charge in [0.2, 0.25) is 11.8 Å². The van der Waals surface area contributed by atoms with Gasteiger partial charge in [0.15, 0.2) is 0 Å². The molecular formula is C29H51N3O4. The number of likely N-dealkylation sites (tertiary alicyclic amines) is 1. The molecule has 2 fully saturated rings. The highest BCUT2D eigenvalue weighted by Crippen LogP contribution is 2.35. The summed E-state index contributed by atoms with van der Waals surface area (Å²) in [5.74, 6) is 0.198. The third kappa shape index (κ3) is 7.56. The van der Waals surface area contributed by atoms with Crippen molar-refractivity contribution in [3.05, 3.63) is 11.6 Å².